The van der Waals surface area contributed by atoms with E-state index in [9.17, 15) is 4.79 Å². The molecule has 0 radical (unpaired) electrons. The predicted octanol–water partition coefficient (Wildman–Crippen LogP) is 4.24. The lowest BCUT2D eigenvalue weighted by molar-refractivity contribution is 0.0741. The van der Waals surface area contributed by atoms with E-state index in [1.165, 1.54) is 11.3 Å². The number of methoxy groups -OCH3 is 1. The second-order valence-corrected chi connectivity index (χ2v) is 8.53. The molecule has 0 unspecified atom stereocenters. The molecule has 0 aliphatic carbocycles. The number of carbonyl (C=O) groups is 1. The van der Waals surface area contributed by atoms with E-state index in [2.05, 4.69) is 19.9 Å². The molecule has 0 saturated carbocycles. The first kappa shape index (κ1) is 21.1. The zero-order valence-corrected chi connectivity index (χ0v) is 19.0. The van der Waals surface area contributed by atoms with Gasteiger partial charge in [0.2, 0.25) is 0 Å². The highest BCUT2D eigenvalue weighted by molar-refractivity contribution is 7.13. The van der Waals surface area contributed by atoms with Crippen LogP contribution in [0.25, 0.3) is 21.8 Å². The molecule has 0 bridgehead atoms. The van der Waals surface area contributed by atoms with Gasteiger partial charge in [0.25, 0.3) is 5.91 Å². The van der Waals surface area contributed by atoms with Crippen molar-refractivity contribution in [2.75, 3.05) is 38.2 Å². The van der Waals surface area contributed by atoms with Crippen LogP contribution in [0.5, 0.6) is 5.75 Å². The highest BCUT2D eigenvalue weighted by Gasteiger charge is 2.25. The summed E-state index contributed by atoms with van der Waals surface area (Å²) in [5.74, 6) is 1.66. The Kier molecular flexibility index (Phi) is 5.99. The van der Waals surface area contributed by atoms with Gasteiger partial charge in [-0.1, -0.05) is 30.3 Å². The van der Waals surface area contributed by atoms with E-state index in [0.29, 0.717) is 31.9 Å². The molecule has 166 valence electrons. The molecule has 1 aliphatic rings. The van der Waals surface area contributed by atoms with E-state index in [0.717, 1.165) is 33.4 Å². The van der Waals surface area contributed by atoms with Crippen molar-refractivity contribution in [3.05, 3.63) is 78.1 Å². The van der Waals surface area contributed by atoms with Gasteiger partial charge in [-0.25, -0.2) is 15.0 Å². The zero-order valence-electron chi connectivity index (χ0n) is 18.2. The number of nitrogens with zero attached hydrogens (tertiary/aromatic N) is 5. The van der Waals surface area contributed by atoms with Crippen LogP contribution in [0, 0.1) is 0 Å². The number of hydrogen-bond donors (Lipinski definition) is 0. The third-order valence-electron chi connectivity index (χ3n) is 5.67. The topological polar surface area (TPSA) is 71.5 Å². The Bertz CT molecular complexity index is 1240. The number of thiazole rings is 1. The molecule has 1 aliphatic heterocycles. The van der Waals surface area contributed by atoms with Gasteiger partial charge in [-0.3, -0.25) is 4.79 Å². The van der Waals surface area contributed by atoms with Gasteiger partial charge in [0.1, 0.15) is 28.6 Å². The van der Waals surface area contributed by atoms with E-state index in [4.69, 9.17) is 4.74 Å². The maximum Gasteiger partial charge on any atom is 0.273 e. The molecule has 1 amide bonds. The number of benzene rings is 2. The van der Waals surface area contributed by atoms with Crippen molar-refractivity contribution in [2.24, 2.45) is 0 Å². The smallest absolute Gasteiger partial charge is 0.273 e. The summed E-state index contributed by atoms with van der Waals surface area (Å²) in [5, 5.41) is 2.72. The molecular weight excluding hydrogens is 434 g/mol. The Morgan fingerprint density at radius 2 is 1.70 bits per heavy atom. The lowest BCUT2D eigenvalue weighted by Gasteiger charge is -2.35. The highest BCUT2D eigenvalue weighted by Crippen LogP contribution is 2.26. The number of rotatable bonds is 5. The first-order valence-electron chi connectivity index (χ1n) is 10.7. The number of amides is 1. The van der Waals surface area contributed by atoms with Crippen molar-refractivity contribution in [3.8, 4) is 27.6 Å². The van der Waals surface area contributed by atoms with Crippen LogP contribution >= 0.6 is 11.3 Å². The second-order valence-electron chi connectivity index (χ2n) is 7.67. The maximum absolute atomic E-state index is 13.0. The number of aromatic nitrogens is 3. The van der Waals surface area contributed by atoms with Crippen LogP contribution in [0.3, 0.4) is 0 Å². The first-order chi connectivity index (χ1) is 16.2. The fourth-order valence-electron chi connectivity index (χ4n) is 3.83. The zero-order chi connectivity index (χ0) is 22.6. The Hall–Kier alpha value is -3.78. The lowest BCUT2D eigenvalue weighted by atomic mass is 10.1. The first-order valence-corrected chi connectivity index (χ1v) is 11.6. The highest BCUT2D eigenvalue weighted by atomic mass is 32.1. The molecule has 1 saturated heterocycles. The summed E-state index contributed by atoms with van der Waals surface area (Å²) >= 11 is 1.50. The minimum atomic E-state index is -0.0188. The summed E-state index contributed by atoms with van der Waals surface area (Å²) in [4.78, 5) is 30.5. The Labute approximate surface area is 196 Å². The van der Waals surface area contributed by atoms with Crippen molar-refractivity contribution in [3.63, 3.8) is 0 Å². The average molecular weight is 458 g/mol. The van der Waals surface area contributed by atoms with Crippen LogP contribution in [0.4, 0.5) is 5.82 Å². The molecular formula is C25H23N5O2S. The monoisotopic (exact) mass is 457 g/mol. The average Bonchev–Trinajstić information content (AvgIpc) is 3.39. The third-order valence-corrected chi connectivity index (χ3v) is 6.56. The van der Waals surface area contributed by atoms with Crippen molar-refractivity contribution in [1.82, 2.24) is 19.9 Å². The summed E-state index contributed by atoms with van der Waals surface area (Å²) in [5.41, 5.74) is 3.40. The molecule has 0 N–H and O–H groups in total. The summed E-state index contributed by atoms with van der Waals surface area (Å²) in [6.45, 7) is 2.67. The van der Waals surface area contributed by atoms with Crippen molar-refractivity contribution < 1.29 is 9.53 Å². The second kappa shape index (κ2) is 9.38. The van der Waals surface area contributed by atoms with Crippen LogP contribution in [-0.2, 0) is 0 Å². The molecule has 8 heteroatoms. The van der Waals surface area contributed by atoms with Crippen molar-refractivity contribution in [1.29, 1.82) is 0 Å². The molecule has 1 fully saturated rings. The van der Waals surface area contributed by atoms with Crippen LogP contribution in [0.2, 0.25) is 0 Å². The fourth-order valence-corrected chi connectivity index (χ4v) is 4.63. The van der Waals surface area contributed by atoms with Crippen LogP contribution in [-0.4, -0.2) is 59.0 Å². The maximum atomic E-state index is 13.0. The SMILES string of the molecule is COc1ccc(-c2cc(N3CCN(C(=O)c4csc(-c5ccccc5)n4)CC3)ncn2)cc1. The Balaban J connectivity index is 1.24. The van der Waals surface area contributed by atoms with Gasteiger partial charge in [-0.05, 0) is 24.3 Å². The van der Waals surface area contributed by atoms with E-state index < -0.39 is 0 Å². The van der Waals surface area contributed by atoms with Crippen LogP contribution in [0.1, 0.15) is 10.5 Å². The van der Waals surface area contributed by atoms with Crippen molar-refractivity contribution >= 4 is 23.1 Å². The minimum Gasteiger partial charge on any atom is -0.497 e. The standard InChI is InChI=1S/C25H23N5O2S/c1-32-20-9-7-18(8-10-20)21-15-23(27-17-26-21)29-11-13-30(14-12-29)25(31)22-16-33-24(28-22)19-5-3-2-4-6-19/h2-10,15-17H,11-14H2,1H3. The molecule has 0 atom stereocenters. The summed E-state index contributed by atoms with van der Waals surface area (Å²) in [6.07, 6.45) is 1.59. The Morgan fingerprint density at radius 3 is 2.42 bits per heavy atom. The molecule has 4 aromatic rings. The minimum absolute atomic E-state index is 0.0188. The number of piperazine rings is 1. The quantitative estimate of drug-likeness (QED) is 0.446. The van der Waals surface area contributed by atoms with Crippen LogP contribution < -0.4 is 9.64 Å². The molecule has 0 spiro atoms. The molecule has 3 heterocycles. The van der Waals surface area contributed by atoms with E-state index >= 15 is 0 Å². The van der Waals surface area contributed by atoms with Crippen LogP contribution in [0.15, 0.2) is 72.4 Å². The molecule has 33 heavy (non-hydrogen) atoms. The molecule has 2 aromatic carbocycles. The molecule has 5 rings (SSSR count). The lowest BCUT2D eigenvalue weighted by Crippen LogP contribution is -2.49. The third kappa shape index (κ3) is 4.56. The number of carbonyl (C=O) groups excluding carboxylic acids is 1. The van der Waals surface area contributed by atoms with E-state index in [-0.39, 0.29) is 5.91 Å². The number of ether oxygens (including phenoxy) is 1. The van der Waals surface area contributed by atoms with Gasteiger partial charge in [-0.2, -0.15) is 0 Å². The summed E-state index contributed by atoms with van der Waals surface area (Å²) in [6, 6.07) is 19.7. The predicted molar refractivity (Wildman–Crippen MR) is 130 cm³/mol. The normalized spacial score (nSPS) is 13.7. The molecule has 7 nitrogen and oxygen atoms in total. The largest absolute Gasteiger partial charge is 0.497 e. The van der Waals surface area contributed by atoms with Gasteiger partial charge in [0.15, 0.2) is 0 Å². The molecule has 2 aromatic heterocycles. The summed E-state index contributed by atoms with van der Waals surface area (Å²) in [7, 11) is 1.65. The van der Waals surface area contributed by atoms with Gasteiger partial charge in [0, 0.05) is 48.8 Å². The number of hydrogen-bond acceptors (Lipinski definition) is 7. The van der Waals surface area contributed by atoms with Gasteiger partial charge < -0.3 is 14.5 Å². The number of anilines is 1. The van der Waals surface area contributed by atoms with E-state index in [1.54, 1.807) is 13.4 Å². The fraction of sp³-hybridized carbons (Fsp3) is 0.200. The Morgan fingerprint density at radius 1 is 0.939 bits per heavy atom. The van der Waals surface area contributed by atoms with Gasteiger partial charge in [-0.15, -0.1) is 11.3 Å². The van der Waals surface area contributed by atoms with Crippen molar-refractivity contribution in [2.45, 2.75) is 0 Å². The van der Waals surface area contributed by atoms with E-state index in [1.807, 2.05) is 70.9 Å². The van der Waals surface area contributed by atoms with Gasteiger partial charge >= 0.3 is 0 Å². The summed E-state index contributed by atoms with van der Waals surface area (Å²) < 4.78 is 5.23. The van der Waals surface area contributed by atoms with Gasteiger partial charge in [0.05, 0.1) is 12.8 Å².